The number of esters is 1. The quantitative estimate of drug-likeness (QED) is 0.119. The number of hydrogen-bond acceptors (Lipinski definition) is 7. The first-order chi connectivity index (χ1) is 21.0. The minimum Gasteiger partial charge on any atom is -0.497 e. The lowest BCUT2D eigenvalue weighted by Crippen LogP contribution is -2.56. The summed E-state index contributed by atoms with van der Waals surface area (Å²) in [4.78, 5) is 26.0. The highest BCUT2D eigenvalue weighted by Crippen LogP contribution is 2.44. The van der Waals surface area contributed by atoms with Gasteiger partial charge in [0, 0.05) is 22.6 Å². The van der Waals surface area contributed by atoms with Crippen LogP contribution < -0.4 is 20.8 Å². The van der Waals surface area contributed by atoms with Crippen LogP contribution in [-0.2, 0) is 15.7 Å². The molecule has 13 heteroatoms. The summed E-state index contributed by atoms with van der Waals surface area (Å²) in [6, 6.07) is 8.07. The van der Waals surface area contributed by atoms with Crippen molar-refractivity contribution in [2.45, 2.75) is 72.3 Å². The average Bonchev–Trinajstić information content (AvgIpc) is 2.94. The number of fused-ring (bicyclic) bond motifs is 1. The van der Waals surface area contributed by atoms with Crippen molar-refractivity contribution in [2.24, 2.45) is 22.5 Å². The summed E-state index contributed by atoms with van der Waals surface area (Å²) in [5.41, 5.74) is 0.451. The Labute approximate surface area is 263 Å². The zero-order valence-corrected chi connectivity index (χ0v) is 26.7. The first-order valence-electron chi connectivity index (χ1n) is 14.5. The minimum absolute atomic E-state index is 0.0624. The van der Waals surface area contributed by atoms with Gasteiger partial charge in [0.05, 0.1) is 23.7 Å². The summed E-state index contributed by atoms with van der Waals surface area (Å²) in [7, 11) is 1.20. The second-order valence-corrected chi connectivity index (χ2v) is 13.0. The van der Waals surface area contributed by atoms with Gasteiger partial charge in [-0.25, -0.2) is 4.79 Å². The molecule has 2 aromatic carbocycles. The van der Waals surface area contributed by atoms with Crippen LogP contribution in [0.1, 0.15) is 59.9 Å². The Morgan fingerprint density at radius 3 is 2.07 bits per heavy atom. The van der Waals surface area contributed by atoms with Crippen LogP contribution in [0.25, 0.3) is 22.1 Å². The predicted molar refractivity (Wildman–Crippen MR) is 161 cm³/mol. The lowest BCUT2D eigenvalue weighted by molar-refractivity contribution is -0.201. The zero-order chi connectivity index (χ0) is 34.9. The standard InChI is InChI=1S/C33H39F6NO6/c1-8-29(2,3)18-31(6,30(4,5)40)28(42)45-17-20(32(34,35)36)16-44-22-10-9-19-13-24(27(41)46-26(19)15-22)23-12-11-21(43-7)14-25(23)33(37,38)39/h9-15,20H,8,16-18,40H2,1-7H3. The van der Waals surface area contributed by atoms with Crippen molar-refractivity contribution in [3.05, 3.63) is 58.4 Å². The lowest BCUT2D eigenvalue weighted by atomic mass is 9.64. The molecule has 2 unspecified atom stereocenters. The molecular formula is C33H39F6NO6. The van der Waals surface area contributed by atoms with Crippen LogP contribution in [0.15, 0.2) is 51.7 Å². The van der Waals surface area contributed by atoms with Crippen molar-refractivity contribution in [3.8, 4) is 22.6 Å². The first kappa shape index (κ1) is 36.7. The monoisotopic (exact) mass is 659 g/mol. The molecule has 0 spiro atoms. The molecule has 3 rings (SSSR count). The molecule has 0 aliphatic rings. The van der Waals surface area contributed by atoms with E-state index < -0.39 is 65.2 Å². The van der Waals surface area contributed by atoms with E-state index in [-0.39, 0.29) is 39.9 Å². The smallest absolute Gasteiger partial charge is 0.417 e. The lowest BCUT2D eigenvalue weighted by Gasteiger charge is -2.44. The predicted octanol–water partition coefficient (Wildman–Crippen LogP) is 8.16. The molecule has 254 valence electrons. The summed E-state index contributed by atoms with van der Waals surface area (Å²) in [6.45, 7) is 8.68. The second kappa shape index (κ2) is 13.2. The Kier molecular flexibility index (Phi) is 10.5. The fourth-order valence-corrected chi connectivity index (χ4v) is 4.90. The molecule has 3 aromatic rings. The molecule has 1 heterocycles. The van der Waals surface area contributed by atoms with Gasteiger partial charge >= 0.3 is 23.9 Å². The van der Waals surface area contributed by atoms with Crippen LogP contribution in [0, 0.1) is 16.7 Å². The van der Waals surface area contributed by atoms with Gasteiger partial charge < -0.3 is 24.4 Å². The molecule has 0 radical (unpaired) electrons. The Bertz CT molecular complexity index is 1610. The third-order valence-corrected chi connectivity index (χ3v) is 8.52. The maximum atomic E-state index is 14.0. The van der Waals surface area contributed by atoms with Gasteiger partial charge in [0.1, 0.15) is 36.2 Å². The van der Waals surface area contributed by atoms with Gasteiger partial charge in [-0.2, -0.15) is 26.3 Å². The fraction of sp³-hybridized carbons (Fsp3) is 0.515. The Hall–Kier alpha value is -3.74. The molecule has 1 aromatic heterocycles. The van der Waals surface area contributed by atoms with E-state index in [4.69, 9.17) is 24.4 Å². The molecule has 0 amide bonds. The summed E-state index contributed by atoms with van der Waals surface area (Å²) in [6.07, 6.45) is -8.62. The summed E-state index contributed by atoms with van der Waals surface area (Å²) in [5, 5.41) is 0.200. The van der Waals surface area contributed by atoms with E-state index >= 15 is 0 Å². The van der Waals surface area contributed by atoms with Gasteiger partial charge in [-0.1, -0.05) is 27.2 Å². The highest BCUT2D eigenvalue weighted by Gasteiger charge is 2.50. The third kappa shape index (κ3) is 8.34. The van der Waals surface area contributed by atoms with Crippen molar-refractivity contribution in [1.82, 2.24) is 0 Å². The Balaban J connectivity index is 1.84. The molecule has 7 nitrogen and oxygen atoms in total. The molecule has 2 atom stereocenters. The van der Waals surface area contributed by atoms with Crippen molar-refractivity contribution in [3.63, 3.8) is 0 Å². The van der Waals surface area contributed by atoms with Gasteiger partial charge in [-0.3, -0.25) is 4.79 Å². The largest absolute Gasteiger partial charge is 0.497 e. The van der Waals surface area contributed by atoms with Gasteiger partial charge in [0.2, 0.25) is 0 Å². The van der Waals surface area contributed by atoms with Crippen molar-refractivity contribution >= 4 is 16.9 Å². The molecule has 46 heavy (non-hydrogen) atoms. The summed E-state index contributed by atoms with van der Waals surface area (Å²) >= 11 is 0. The topological polar surface area (TPSA) is 101 Å². The van der Waals surface area contributed by atoms with E-state index in [1.54, 1.807) is 20.8 Å². The molecule has 0 saturated carbocycles. The molecule has 0 saturated heterocycles. The number of carbonyl (C=O) groups excluding carboxylic acids is 1. The van der Waals surface area contributed by atoms with E-state index in [1.807, 2.05) is 20.8 Å². The average molecular weight is 660 g/mol. The van der Waals surface area contributed by atoms with Crippen LogP contribution in [0.4, 0.5) is 26.3 Å². The normalized spacial score (nSPS) is 14.9. The maximum absolute atomic E-state index is 14.0. The second-order valence-electron chi connectivity index (χ2n) is 13.0. The fourth-order valence-electron chi connectivity index (χ4n) is 4.90. The highest BCUT2D eigenvalue weighted by molar-refractivity contribution is 5.83. The van der Waals surface area contributed by atoms with Gasteiger partial charge in [-0.05, 0) is 69.0 Å². The number of ether oxygens (including phenoxy) is 3. The zero-order valence-electron chi connectivity index (χ0n) is 26.7. The number of halogens is 6. The first-order valence-corrected chi connectivity index (χ1v) is 14.5. The van der Waals surface area contributed by atoms with Crippen LogP contribution in [-0.4, -0.2) is 38.0 Å². The van der Waals surface area contributed by atoms with Crippen LogP contribution >= 0.6 is 0 Å². The van der Waals surface area contributed by atoms with E-state index in [0.29, 0.717) is 6.42 Å². The van der Waals surface area contributed by atoms with Crippen molar-refractivity contribution < 1.29 is 49.8 Å². The SMILES string of the molecule is CCC(C)(C)CC(C)(C(=O)OCC(COc1ccc2cc(-c3ccc(OC)cc3C(F)(F)F)c(=O)oc2c1)C(F)(F)F)C(C)(C)N. The summed E-state index contributed by atoms with van der Waals surface area (Å²) < 4.78 is 104. The molecule has 0 aliphatic heterocycles. The van der Waals surface area contributed by atoms with Crippen LogP contribution in [0.3, 0.4) is 0 Å². The van der Waals surface area contributed by atoms with E-state index in [2.05, 4.69) is 0 Å². The van der Waals surface area contributed by atoms with E-state index in [1.165, 1.54) is 31.4 Å². The molecule has 0 bridgehead atoms. The van der Waals surface area contributed by atoms with Gasteiger partial charge in [0.25, 0.3) is 0 Å². The highest BCUT2D eigenvalue weighted by atomic mass is 19.4. The third-order valence-electron chi connectivity index (χ3n) is 8.52. The number of rotatable bonds is 12. The molecule has 0 fully saturated rings. The van der Waals surface area contributed by atoms with Crippen LogP contribution in [0.2, 0.25) is 0 Å². The summed E-state index contributed by atoms with van der Waals surface area (Å²) in [5.74, 6) is -3.24. The molecular weight excluding hydrogens is 620 g/mol. The van der Waals surface area contributed by atoms with E-state index in [9.17, 15) is 35.9 Å². The number of benzene rings is 2. The van der Waals surface area contributed by atoms with E-state index in [0.717, 1.165) is 18.2 Å². The Morgan fingerprint density at radius 2 is 1.52 bits per heavy atom. The van der Waals surface area contributed by atoms with Crippen molar-refractivity contribution in [2.75, 3.05) is 20.3 Å². The Morgan fingerprint density at radius 1 is 0.891 bits per heavy atom. The molecule has 0 aliphatic carbocycles. The maximum Gasteiger partial charge on any atom is 0.417 e. The van der Waals surface area contributed by atoms with Crippen molar-refractivity contribution in [1.29, 1.82) is 0 Å². The number of alkyl halides is 6. The van der Waals surface area contributed by atoms with Crippen LogP contribution in [0.5, 0.6) is 11.5 Å². The molecule has 2 N–H and O–H groups in total. The number of hydrogen-bond donors (Lipinski definition) is 1. The van der Waals surface area contributed by atoms with Gasteiger partial charge in [-0.15, -0.1) is 0 Å². The minimum atomic E-state index is -4.81. The number of carbonyl (C=O) groups is 1. The number of methoxy groups -OCH3 is 1. The van der Waals surface area contributed by atoms with Gasteiger partial charge in [0.15, 0.2) is 0 Å². The number of nitrogens with two attached hydrogens (primary N) is 1.